The molecule has 2 aliphatic heterocycles. The van der Waals surface area contributed by atoms with Gasteiger partial charge in [0.2, 0.25) is 6.41 Å². The van der Waals surface area contributed by atoms with Gasteiger partial charge in [-0.2, -0.15) is 9.59 Å². The summed E-state index contributed by atoms with van der Waals surface area (Å²) in [5.41, 5.74) is 9.73. The SMILES string of the molecule is CCOC(=O)C1=C(COCCN)NC(C)=C(C(=O)OC)C1c1ccccc1Cl.CCOC(=O)C1=C(COCCNC=O)NC(C)=C(C(=O)OC)C1c1ccccc1Cl.O=C=O.[HH]. The highest BCUT2D eigenvalue weighted by molar-refractivity contribution is 6.32. The van der Waals surface area contributed by atoms with E-state index in [0.29, 0.717) is 75.6 Å². The number of halogens is 2. The van der Waals surface area contributed by atoms with Crippen molar-refractivity contribution in [3.63, 3.8) is 0 Å². The van der Waals surface area contributed by atoms with Crippen LogP contribution in [0.3, 0.4) is 0 Å². The molecule has 0 aromatic heterocycles. The Morgan fingerprint density at radius 2 is 1.11 bits per heavy atom. The molecule has 0 saturated heterocycles. The van der Waals surface area contributed by atoms with E-state index in [2.05, 4.69) is 16.0 Å². The molecule has 19 heteroatoms. The molecule has 0 aliphatic carbocycles. The van der Waals surface area contributed by atoms with E-state index in [4.69, 9.17) is 66.9 Å². The van der Waals surface area contributed by atoms with E-state index in [1.807, 2.05) is 0 Å². The molecule has 0 saturated carbocycles. The predicted molar refractivity (Wildman–Crippen MR) is 223 cm³/mol. The largest absolute Gasteiger partial charge is 0.466 e. The fraction of sp³-hybridized carbons (Fsp3) is 0.381. The molecule has 0 fully saturated rings. The normalized spacial score (nSPS) is 15.7. The number of rotatable bonds is 18. The monoisotopic (exact) mass is 890 g/mol. The predicted octanol–water partition coefficient (Wildman–Crippen LogP) is 3.98. The van der Waals surface area contributed by atoms with Crippen molar-refractivity contribution < 1.29 is 63.4 Å². The van der Waals surface area contributed by atoms with Gasteiger partial charge in [0.1, 0.15) is 0 Å². The zero-order chi connectivity index (χ0) is 45.5. The molecule has 2 aromatic rings. The number of hydrogen-bond acceptors (Lipinski definition) is 16. The Kier molecular flexibility index (Phi) is 22.8. The smallest absolute Gasteiger partial charge is 0.373 e. The van der Waals surface area contributed by atoms with Crippen LogP contribution in [0.2, 0.25) is 10.0 Å². The van der Waals surface area contributed by atoms with Crippen molar-refractivity contribution in [3.05, 3.63) is 115 Å². The number of allylic oxidation sites excluding steroid dienone is 2. The van der Waals surface area contributed by atoms with Crippen molar-refractivity contribution in [2.24, 2.45) is 5.73 Å². The summed E-state index contributed by atoms with van der Waals surface area (Å²) in [6.07, 6.45) is 0.828. The van der Waals surface area contributed by atoms with E-state index in [9.17, 15) is 24.0 Å². The maximum absolute atomic E-state index is 12.9. The molecule has 61 heavy (non-hydrogen) atoms. The van der Waals surface area contributed by atoms with Gasteiger partial charge in [0.25, 0.3) is 0 Å². The van der Waals surface area contributed by atoms with Crippen molar-refractivity contribution in [2.45, 2.75) is 39.5 Å². The minimum atomic E-state index is -0.793. The number of methoxy groups -OCH3 is 2. The molecule has 0 bridgehead atoms. The van der Waals surface area contributed by atoms with Crippen molar-refractivity contribution in [3.8, 4) is 0 Å². The number of hydrogen-bond donors (Lipinski definition) is 4. The first-order valence-corrected chi connectivity index (χ1v) is 19.5. The minimum Gasteiger partial charge on any atom is -0.466 e. The summed E-state index contributed by atoms with van der Waals surface area (Å²) in [4.78, 5) is 77.7. The fourth-order valence-corrected chi connectivity index (χ4v) is 6.83. The standard InChI is InChI=1S/C21H25ClN2O6.C20H25ClN2O5.CO2.H2/c1-4-30-21(27)19-16(11-29-10-9-23-12-25)24-13(2)17(20(26)28-3)18(19)14-7-5-6-8-15(14)22;1-4-28-20(25)18-15(11-27-10-9-22)23-12(2)16(19(24)26-3)17(18)13-7-5-6-8-14(13)21;2-1-3;/h5-8,12,18,24H,4,9-11H2,1-3H3,(H,23,25);5-8,17,23H,4,9-11,22H2,1-3H3;;1H. The van der Waals surface area contributed by atoms with Gasteiger partial charge in [-0.3, -0.25) is 4.79 Å². The summed E-state index contributed by atoms with van der Waals surface area (Å²) in [5, 5.41) is 9.50. The summed E-state index contributed by atoms with van der Waals surface area (Å²) >= 11 is 12.9. The van der Waals surface area contributed by atoms with Crippen LogP contribution in [0.25, 0.3) is 0 Å². The number of carbonyl (C=O) groups is 5. The molecular weight excluding hydrogens is 839 g/mol. The van der Waals surface area contributed by atoms with Crippen LogP contribution in [0.5, 0.6) is 0 Å². The molecule has 2 unspecified atom stereocenters. The number of carbonyl (C=O) groups excluding carboxylic acids is 7. The quantitative estimate of drug-likeness (QED) is 0.0717. The number of benzene rings is 2. The summed E-state index contributed by atoms with van der Waals surface area (Å²) in [6.45, 7) is 8.59. The number of nitrogens with two attached hydrogens (primary N) is 1. The second-order valence-electron chi connectivity index (χ2n) is 12.5. The fourth-order valence-electron chi connectivity index (χ4n) is 6.34. The first kappa shape index (κ1) is 51.3. The van der Waals surface area contributed by atoms with Crippen molar-refractivity contribution in [1.82, 2.24) is 16.0 Å². The van der Waals surface area contributed by atoms with Crippen LogP contribution in [0.15, 0.2) is 93.6 Å². The van der Waals surface area contributed by atoms with Crippen LogP contribution >= 0.6 is 23.2 Å². The zero-order valence-corrected chi connectivity index (χ0v) is 36.2. The number of nitrogens with one attached hydrogen (secondary N) is 3. The van der Waals surface area contributed by atoms with Gasteiger partial charge in [-0.05, 0) is 51.0 Å². The van der Waals surface area contributed by atoms with Crippen molar-refractivity contribution in [2.75, 3.05) is 67.0 Å². The third-order valence-corrected chi connectivity index (χ3v) is 9.44. The van der Waals surface area contributed by atoms with E-state index in [1.165, 1.54) is 14.2 Å². The second-order valence-corrected chi connectivity index (χ2v) is 13.3. The lowest BCUT2D eigenvalue weighted by Crippen LogP contribution is -2.35. The van der Waals surface area contributed by atoms with E-state index < -0.39 is 35.7 Å². The average molecular weight is 892 g/mol. The lowest BCUT2D eigenvalue weighted by atomic mass is 9.80. The molecule has 17 nitrogen and oxygen atoms in total. The Balaban J connectivity index is 0.000000575. The third-order valence-electron chi connectivity index (χ3n) is 8.75. The Morgan fingerprint density at radius 1 is 0.721 bits per heavy atom. The molecule has 2 aliphatic rings. The summed E-state index contributed by atoms with van der Waals surface area (Å²) in [6, 6.07) is 14.0. The van der Waals surface area contributed by atoms with Gasteiger partial charge < -0.3 is 50.1 Å². The summed E-state index contributed by atoms with van der Waals surface area (Å²) < 4.78 is 31.6. The highest BCUT2D eigenvalue weighted by Crippen LogP contribution is 2.43. The minimum absolute atomic E-state index is 0. The number of dihydropyridines is 2. The molecule has 332 valence electrons. The first-order valence-electron chi connectivity index (χ1n) is 18.8. The highest BCUT2D eigenvalue weighted by atomic mass is 35.5. The van der Waals surface area contributed by atoms with Crippen LogP contribution < -0.4 is 21.7 Å². The van der Waals surface area contributed by atoms with Gasteiger partial charge in [0.05, 0.1) is 99.4 Å². The van der Waals surface area contributed by atoms with E-state index in [-0.39, 0.29) is 57.3 Å². The van der Waals surface area contributed by atoms with Gasteiger partial charge in [0.15, 0.2) is 0 Å². The van der Waals surface area contributed by atoms with Gasteiger partial charge in [0, 0.05) is 36.0 Å². The van der Waals surface area contributed by atoms with E-state index in [0.717, 1.165) is 0 Å². The van der Waals surface area contributed by atoms with Crippen molar-refractivity contribution in [1.29, 1.82) is 0 Å². The molecule has 0 radical (unpaired) electrons. The molecule has 2 atom stereocenters. The molecular formula is C42H52Cl2N4O13. The third kappa shape index (κ3) is 14.1. The maximum atomic E-state index is 12.9. The molecule has 2 aromatic carbocycles. The Morgan fingerprint density at radius 3 is 1.46 bits per heavy atom. The van der Waals surface area contributed by atoms with Crippen LogP contribution in [0, 0.1) is 0 Å². The lowest BCUT2D eigenvalue weighted by Gasteiger charge is -2.31. The Bertz CT molecular complexity index is 2050. The second kappa shape index (κ2) is 27.1. The van der Waals surface area contributed by atoms with Crippen molar-refractivity contribution >= 4 is 59.6 Å². The highest BCUT2D eigenvalue weighted by Gasteiger charge is 2.41. The van der Waals surface area contributed by atoms with E-state index in [1.54, 1.807) is 76.2 Å². The molecule has 5 N–H and O–H groups in total. The number of esters is 4. The molecule has 1 amide bonds. The van der Waals surface area contributed by atoms with Gasteiger partial charge in [-0.1, -0.05) is 59.6 Å². The lowest BCUT2D eigenvalue weighted by molar-refractivity contribution is -0.191. The Hall–Kier alpha value is -5.81. The topological polar surface area (TPSA) is 237 Å². The zero-order valence-electron chi connectivity index (χ0n) is 34.6. The number of ether oxygens (including phenoxy) is 6. The summed E-state index contributed by atoms with van der Waals surface area (Å²) in [7, 11) is 2.57. The van der Waals surface area contributed by atoms with Gasteiger partial charge >= 0.3 is 30.0 Å². The molecule has 2 heterocycles. The molecule has 4 rings (SSSR count). The maximum Gasteiger partial charge on any atom is 0.373 e. The Labute approximate surface area is 365 Å². The van der Waals surface area contributed by atoms with Gasteiger partial charge in [-0.25, -0.2) is 19.2 Å². The van der Waals surface area contributed by atoms with Gasteiger partial charge in [-0.15, -0.1) is 0 Å². The van der Waals surface area contributed by atoms with Crippen LogP contribution in [-0.4, -0.2) is 103 Å². The van der Waals surface area contributed by atoms with Crippen LogP contribution in [0.4, 0.5) is 0 Å². The first-order chi connectivity index (χ1) is 29.3. The summed E-state index contributed by atoms with van der Waals surface area (Å²) in [5.74, 6) is -3.83. The van der Waals surface area contributed by atoms with Crippen LogP contribution in [0.1, 0.15) is 52.1 Å². The molecule has 0 spiro atoms. The van der Waals surface area contributed by atoms with Crippen LogP contribution in [-0.2, 0) is 62.0 Å². The number of amides is 1. The van der Waals surface area contributed by atoms with E-state index >= 15 is 0 Å². The average Bonchev–Trinajstić information content (AvgIpc) is 3.23.